The SMILES string of the molecule is CCC1CCCN1C(=O)c1c(N)c(C)nn1C. The van der Waals surface area contributed by atoms with Crippen molar-refractivity contribution in [2.24, 2.45) is 7.05 Å². The minimum atomic E-state index is 0.0231. The second-order valence-electron chi connectivity index (χ2n) is 4.67. The van der Waals surface area contributed by atoms with E-state index in [1.54, 1.807) is 11.7 Å². The van der Waals surface area contributed by atoms with E-state index in [1.807, 2.05) is 11.8 Å². The van der Waals surface area contributed by atoms with Gasteiger partial charge >= 0.3 is 0 Å². The van der Waals surface area contributed by atoms with Gasteiger partial charge in [-0.2, -0.15) is 5.10 Å². The van der Waals surface area contributed by atoms with E-state index in [0.717, 1.165) is 31.5 Å². The molecule has 1 aromatic rings. The van der Waals surface area contributed by atoms with E-state index < -0.39 is 0 Å². The maximum absolute atomic E-state index is 12.5. The number of carbonyl (C=O) groups is 1. The predicted molar refractivity (Wildman–Crippen MR) is 66.7 cm³/mol. The van der Waals surface area contributed by atoms with Crippen LogP contribution >= 0.6 is 0 Å². The molecule has 0 spiro atoms. The molecule has 2 rings (SSSR count). The van der Waals surface area contributed by atoms with Crippen molar-refractivity contribution in [3.63, 3.8) is 0 Å². The lowest BCUT2D eigenvalue weighted by Crippen LogP contribution is -2.36. The van der Waals surface area contributed by atoms with Gasteiger partial charge in [-0.1, -0.05) is 6.92 Å². The molecule has 1 aromatic heterocycles. The fraction of sp³-hybridized carbons (Fsp3) is 0.667. The Balaban J connectivity index is 2.31. The quantitative estimate of drug-likeness (QED) is 0.842. The van der Waals surface area contributed by atoms with Crippen LogP contribution in [-0.2, 0) is 7.05 Å². The first-order valence-corrected chi connectivity index (χ1v) is 6.16. The number of amides is 1. The van der Waals surface area contributed by atoms with Gasteiger partial charge in [-0.15, -0.1) is 0 Å². The molecule has 0 aliphatic carbocycles. The largest absolute Gasteiger partial charge is 0.395 e. The first kappa shape index (κ1) is 12.0. The van der Waals surface area contributed by atoms with Gasteiger partial charge in [-0.05, 0) is 26.2 Å². The van der Waals surface area contributed by atoms with E-state index >= 15 is 0 Å². The zero-order valence-corrected chi connectivity index (χ0v) is 10.7. The molecule has 1 aliphatic heterocycles. The van der Waals surface area contributed by atoms with Gasteiger partial charge in [0.05, 0.1) is 11.4 Å². The summed E-state index contributed by atoms with van der Waals surface area (Å²) in [6.07, 6.45) is 3.18. The summed E-state index contributed by atoms with van der Waals surface area (Å²) in [4.78, 5) is 14.4. The maximum Gasteiger partial charge on any atom is 0.274 e. The molecular formula is C12H20N4O. The molecule has 17 heavy (non-hydrogen) atoms. The van der Waals surface area contributed by atoms with Crippen LogP contribution in [0.4, 0.5) is 5.69 Å². The van der Waals surface area contributed by atoms with Gasteiger partial charge in [0.15, 0.2) is 0 Å². The number of nitrogens with zero attached hydrogens (tertiary/aromatic N) is 3. The Morgan fingerprint density at radius 3 is 2.82 bits per heavy atom. The van der Waals surface area contributed by atoms with Crippen molar-refractivity contribution >= 4 is 11.6 Å². The molecule has 0 saturated carbocycles. The minimum Gasteiger partial charge on any atom is -0.395 e. The van der Waals surface area contributed by atoms with Crippen molar-refractivity contribution in [1.82, 2.24) is 14.7 Å². The van der Waals surface area contributed by atoms with Crippen molar-refractivity contribution in [2.45, 2.75) is 39.2 Å². The molecule has 1 aliphatic rings. The molecule has 1 atom stereocenters. The van der Waals surface area contributed by atoms with Gasteiger partial charge < -0.3 is 10.6 Å². The molecule has 1 saturated heterocycles. The van der Waals surface area contributed by atoms with Gasteiger partial charge in [0.25, 0.3) is 5.91 Å². The number of nitrogens with two attached hydrogens (primary N) is 1. The van der Waals surface area contributed by atoms with Crippen LogP contribution in [0, 0.1) is 6.92 Å². The minimum absolute atomic E-state index is 0.0231. The summed E-state index contributed by atoms with van der Waals surface area (Å²) in [5, 5.41) is 4.20. The summed E-state index contributed by atoms with van der Waals surface area (Å²) in [5.41, 5.74) is 7.70. The number of aryl methyl sites for hydroxylation is 2. The van der Waals surface area contributed by atoms with E-state index in [9.17, 15) is 4.79 Å². The van der Waals surface area contributed by atoms with Gasteiger partial charge in [0, 0.05) is 19.6 Å². The average molecular weight is 236 g/mol. The van der Waals surface area contributed by atoms with Gasteiger partial charge in [-0.3, -0.25) is 9.48 Å². The summed E-state index contributed by atoms with van der Waals surface area (Å²) < 4.78 is 1.60. The normalized spacial score (nSPS) is 19.9. The second kappa shape index (κ2) is 4.39. The number of aromatic nitrogens is 2. The number of nitrogen functional groups attached to an aromatic ring is 1. The summed E-state index contributed by atoms with van der Waals surface area (Å²) >= 11 is 0. The molecule has 0 aromatic carbocycles. The van der Waals surface area contributed by atoms with E-state index in [0.29, 0.717) is 17.4 Å². The van der Waals surface area contributed by atoms with Crippen LogP contribution in [0.1, 0.15) is 42.4 Å². The van der Waals surface area contributed by atoms with Gasteiger partial charge in [0.2, 0.25) is 0 Å². The highest BCUT2D eigenvalue weighted by Gasteiger charge is 2.31. The van der Waals surface area contributed by atoms with Crippen molar-refractivity contribution in [2.75, 3.05) is 12.3 Å². The molecular weight excluding hydrogens is 216 g/mol. The van der Waals surface area contributed by atoms with Crippen LogP contribution in [0.2, 0.25) is 0 Å². The van der Waals surface area contributed by atoms with E-state index in [-0.39, 0.29) is 5.91 Å². The molecule has 2 heterocycles. The van der Waals surface area contributed by atoms with E-state index in [2.05, 4.69) is 12.0 Å². The third-order valence-corrected chi connectivity index (χ3v) is 3.58. The summed E-state index contributed by atoms with van der Waals surface area (Å²) in [5.74, 6) is 0.0231. The Morgan fingerprint density at radius 1 is 1.59 bits per heavy atom. The first-order chi connectivity index (χ1) is 8.06. The van der Waals surface area contributed by atoms with Gasteiger partial charge in [-0.25, -0.2) is 0 Å². The number of likely N-dealkylation sites (tertiary alicyclic amines) is 1. The molecule has 0 bridgehead atoms. The van der Waals surface area contributed by atoms with Crippen LogP contribution < -0.4 is 5.73 Å². The summed E-state index contributed by atoms with van der Waals surface area (Å²) in [7, 11) is 1.77. The standard InChI is InChI=1S/C12H20N4O/c1-4-9-6-5-7-16(9)12(17)11-10(13)8(2)14-15(11)3/h9H,4-7,13H2,1-3H3. The average Bonchev–Trinajstić information content (AvgIpc) is 2.84. The Hall–Kier alpha value is -1.52. The highest BCUT2D eigenvalue weighted by Crippen LogP contribution is 2.25. The Bertz CT molecular complexity index is 438. The van der Waals surface area contributed by atoms with Crippen LogP contribution in [0.25, 0.3) is 0 Å². The lowest BCUT2D eigenvalue weighted by atomic mass is 10.1. The fourth-order valence-corrected chi connectivity index (χ4v) is 2.59. The highest BCUT2D eigenvalue weighted by molar-refractivity contribution is 5.98. The lowest BCUT2D eigenvalue weighted by molar-refractivity contribution is 0.0723. The van der Waals surface area contributed by atoms with E-state index in [1.165, 1.54) is 0 Å². The fourth-order valence-electron chi connectivity index (χ4n) is 2.59. The Labute approximate surface area is 102 Å². The molecule has 2 N–H and O–H groups in total. The second-order valence-corrected chi connectivity index (χ2v) is 4.67. The van der Waals surface area contributed by atoms with Crippen molar-refractivity contribution in [3.05, 3.63) is 11.4 Å². The molecule has 1 fully saturated rings. The highest BCUT2D eigenvalue weighted by atomic mass is 16.2. The third kappa shape index (κ3) is 1.90. The molecule has 94 valence electrons. The molecule has 0 radical (unpaired) electrons. The van der Waals surface area contributed by atoms with Crippen LogP contribution in [0.5, 0.6) is 0 Å². The number of anilines is 1. The predicted octanol–water partition coefficient (Wildman–Crippen LogP) is 1.33. The van der Waals surface area contributed by atoms with Crippen LogP contribution in [0.3, 0.4) is 0 Å². The summed E-state index contributed by atoms with van der Waals surface area (Å²) in [6, 6.07) is 0.358. The monoisotopic (exact) mass is 236 g/mol. The number of hydrogen-bond donors (Lipinski definition) is 1. The van der Waals surface area contributed by atoms with Crippen LogP contribution in [0.15, 0.2) is 0 Å². The zero-order chi connectivity index (χ0) is 12.6. The molecule has 1 amide bonds. The Kier molecular flexibility index (Phi) is 3.09. The molecule has 1 unspecified atom stereocenters. The maximum atomic E-state index is 12.5. The number of hydrogen-bond acceptors (Lipinski definition) is 3. The zero-order valence-electron chi connectivity index (χ0n) is 10.7. The van der Waals surface area contributed by atoms with Crippen LogP contribution in [-0.4, -0.2) is 33.2 Å². The Morgan fingerprint density at radius 2 is 2.29 bits per heavy atom. The van der Waals surface area contributed by atoms with Crippen molar-refractivity contribution < 1.29 is 4.79 Å². The van der Waals surface area contributed by atoms with Crippen molar-refractivity contribution in [1.29, 1.82) is 0 Å². The topological polar surface area (TPSA) is 64.2 Å². The summed E-state index contributed by atoms with van der Waals surface area (Å²) in [6.45, 7) is 4.78. The lowest BCUT2D eigenvalue weighted by Gasteiger charge is -2.23. The van der Waals surface area contributed by atoms with E-state index in [4.69, 9.17) is 5.73 Å². The number of carbonyl (C=O) groups excluding carboxylic acids is 1. The van der Waals surface area contributed by atoms with Gasteiger partial charge in [0.1, 0.15) is 5.69 Å². The smallest absolute Gasteiger partial charge is 0.274 e. The first-order valence-electron chi connectivity index (χ1n) is 6.16. The molecule has 5 heteroatoms. The van der Waals surface area contributed by atoms with Crippen molar-refractivity contribution in [3.8, 4) is 0 Å². The number of rotatable bonds is 2. The molecule has 5 nitrogen and oxygen atoms in total. The third-order valence-electron chi connectivity index (χ3n) is 3.58.